The van der Waals surface area contributed by atoms with E-state index in [1.165, 1.54) is 17.0 Å². The van der Waals surface area contributed by atoms with E-state index in [2.05, 4.69) is 4.74 Å². The number of non-ortho nitro benzene ring substituents is 1. The zero-order valence-electron chi connectivity index (χ0n) is 15.5. The Morgan fingerprint density at radius 1 is 1.20 bits per heavy atom. The summed E-state index contributed by atoms with van der Waals surface area (Å²) in [5, 5.41) is 11.2. The summed E-state index contributed by atoms with van der Waals surface area (Å²) in [6, 6.07) is 6.40. The number of amides is 1. The van der Waals surface area contributed by atoms with E-state index >= 15 is 0 Å². The van der Waals surface area contributed by atoms with Crippen molar-refractivity contribution in [2.45, 2.75) is 24.1 Å². The molecule has 1 aliphatic rings. The highest BCUT2D eigenvalue weighted by Crippen LogP contribution is 2.34. The molecule has 0 aromatic heterocycles. The van der Waals surface area contributed by atoms with E-state index in [4.69, 9.17) is 0 Å². The molecule has 160 valence electrons. The van der Waals surface area contributed by atoms with Gasteiger partial charge < -0.3 is 9.64 Å². The number of aryl methyl sites for hydroxylation is 1. The number of ether oxygens (including phenoxy) is 1. The molecule has 0 aliphatic carbocycles. The number of carbonyl (C=O) groups excluding carboxylic acids is 1. The maximum Gasteiger partial charge on any atom is 0.573 e. The summed E-state index contributed by atoms with van der Waals surface area (Å²) in [5.41, 5.74) is -0.0150. The molecule has 1 heterocycles. The Balaban J connectivity index is 2.01. The largest absolute Gasteiger partial charge is 0.573 e. The van der Waals surface area contributed by atoms with Crippen molar-refractivity contribution >= 4 is 27.1 Å². The summed E-state index contributed by atoms with van der Waals surface area (Å²) in [4.78, 5) is 24.2. The molecule has 0 saturated heterocycles. The lowest BCUT2D eigenvalue weighted by Crippen LogP contribution is -2.35. The minimum atomic E-state index is -4.86. The number of carbonyl (C=O) groups is 1. The molecule has 1 aliphatic heterocycles. The molecule has 0 atom stereocenters. The Hall–Kier alpha value is -3.15. The van der Waals surface area contributed by atoms with Crippen LogP contribution in [0.2, 0.25) is 0 Å². The van der Waals surface area contributed by atoms with Gasteiger partial charge in [0.2, 0.25) is 0 Å². The molecule has 0 radical (unpaired) electrons. The first kappa shape index (κ1) is 21.6. The van der Waals surface area contributed by atoms with Gasteiger partial charge in [0.05, 0.1) is 9.82 Å². The number of hydrogen-bond acceptors (Lipinski definition) is 6. The molecule has 0 spiro atoms. The summed E-state index contributed by atoms with van der Waals surface area (Å²) in [6.07, 6.45) is -3.16. The van der Waals surface area contributed by atoms with Crippen molar-refractivity contribution in [2.24, 2.45) is 0 Å². The maximum absolute atomic E-state index is 13.0. The lowest BCUT2D eigenvalue weighted by atomic mass is 10.00. The van der Waals surface area contributed by atoms with Gasteiger partial charge >= 0.3 is 6.36 Å². The molecule has 3 rings (SSSR count). The number of benzene rings is 2. The van der Waals surface area contributed by atoms with Gasteiger partial charge in [-0.1, -0.05) is 0 Å². The van der Waals surface area contributed by atoms with E-state index in [0.29, 0.717) is 24.1 Å². The van der Waals surface area contributed by atoms with E-state index in [0.717, 1.165) is 30.5 Å². The molecule has 8 nitrogen and oxygen atoms in total. The van der Waals surface area contributed by atoms with Crippen molar-refractivity contribution < 1.29 is 36.0 Å². The first-order chi connectivity index (χ1) is 13.8. The van der Waals surface area contributed by atoms with Crippen LogP contribution in [0.4, 0.5) is 24.5 Å². The predicted molar refractivity (Wildman–Crippen MR) is 99.3 cm³/mol. The SMILES string of the molecule is CS(=O)(=O)c1cc(C(=O)N2CCCc3cc(OC(F)(F)F)ccc32)cc([N+](=O)[O-])c1. The number of fused-ring (bicyclic) bond motifs is 1. The van der Waals surface area contributed by atoms with Crippen molar-refractivity contribution in [3.8, 4) is 5.75 Å². The fourth-order valence-corrected chi connectivity index (χ4v) is 3.84. The van der Waals surface area contributed by atoms with Crippen molar-refractivity contribution in [3.05, 3.63) is 57.6 Å². The lowest BCUT2D eigenvalue weighted by Gasteiger charge is -2.30. The van der Waals surface area contributed by atoms with Crippen LogP contribution in [0.15, 0.2) is 41.3 Å². The number of anilines is 1. The lowest BCUT2D eigenvalue weighted by molar-refractivity contribution is -0.385. The molecule has 12 heteroatoms. The highest BCUT2D eigenvalue weighted by atomic mass is 32.2. The van der Waals surface area contributed by atoms with Crippen molar-refractivity contribution in [3.63, 3.8) is 0 Å². The summed E-state index contributed by atoms with van der Waals surface area (Å²) in [5.74, 6) is -1.13. The molecule has 1 amide bonds. The normalized spacial score (nSPS) is 14.2. The van der Waals surface area contributed by atoms with Crippen LogP contribution in [-0.4, -0.2) is 38.4 Å². The van der Waals surface area contributed by atoms with E-state index < -0.39 is 38.5 Å². The summed E-state index contributed by atoms with van der Waals surface area (Å²) in [7, 11) is -3.83. The molecular formula is C18H15F3N2O6S. The highest BCUT2D eigenvalue weighted by Gasteiger charge is 2.32. The number of nitro groups is 1. The van der Waals surface area contributed by atoms with Gasteiger partial charge in [-0.25, -0.2) is 8.42 Å². The number of rotatable bonds is 4. The molecule has 30 heavy (non-hydrogen) atoms. The van der Waals surface area contributed by atoms with Crippen molar-refractivity contribution in [1.29, 1.82) is 0 Å². The van der Waals surface area contributed by atoms with Crippen molar-refractivity contribution in [2.75, 3.05) is 17.7 Å². The standard InChI is InChI=1S/C18H15F3N2O6S/c1-30(27,28)15-9-12(7-13(10-15)23(25)26)17(24)22-6-2-3-11-8-14(4-5-16(11)22)29-18(19,20)21/h4-5,7-10H,2-3,6H2,1H3. The predicted octanol–water partition coefficient (Wildman–Crippen LogP) is 3.49. The number of halogens is 3. The van der Waals surface area contributed by atoms with Crippen LogP contribution in [0, 0.1) is 10.1 Å². The smallest absolute Gasteiger partial charge is 0.406 e. The monoisotopic (exact) mass is 444 g/mol. The Morgan fingerprint density at radius 2 is 1.90 bits per heavy atom. The third-order valence-corrected chi connectivity index (χ3v) is 5.52. The molecule has 2 aromatic carbocycles. The number of nitro benzene ring substituents is 1. The topological polar surface area (TPSA) is 107 Å². The fourth-order valence-electron chi connectivity index (χ4n) is 3.16. The summed E-state index contributed by atoms with van der Waals surface area (Å²) >= 11 is 0. The maximum atomic E-state index is 13.0. The van der Waals surface area contributed by atoms with Crippen LogP contribution < -0.4 is 9.64 Å². The van der Waals surface area contributed by atoms with Crippen LogP contribution >= 0.6 is 0 Å². The first-order valence-electron chi connectivity index (χ1n) is 8.55. The van der Waals surface area contributed by atoms with Gasteiger partial charge in [-0.3, -0.25) is 14.9 Å². The summed E-state index contributed by atoms with van der Waals surface area (Å²) < 4.78 is 64.9. The number of alkyl halides is 3. The highest BCUT2D eigenvalue weighted by molar-refractivity contribution is 7.90. The van der Waals surface area contributed by atoms with Crippen LogP contribution in [0.5, 0.6) is 5.75 Å². The van der Waals surface area contributed by atoms with Gasteiger partial charge in [-0.2, -0.15) is 0 Å². The second kappa shape index (κ2) is 7.59. The van der Waals surface area contributed by atoms with E-state index in [1.807, 2.05) is 0 Å². The molecule has 0 unspecified atom stereocenters. The quantitative estimate of drug-likeness (QED) is 0.528. The first-order valence-corrected chi connectivity index (χ1v) is 10.4. The Bertz CT molecular complexity index is 1130. The Morgan fingerprint density at radius 3 is 2.50 bits per heavy atom. The minimum absolute atomic E-state index is 0.211. The number of sulfone groups is 1. The van der Waals surface area contributed by atoms with Crippen molar-refractivity contribution in [1.82, 2.24) is 0 Å². The number of nitrogens with zero attached hydrogens (tertiary/aromatic N) is 2. The van der Waals surface area contributed by atoms with Gasteiger partial charge in [0.15, 0.2) is 9.84 Å². The second-order valence-corrected chi connectivity index (χ2v) is 8.66. The fraction of sp³-hybridized carbons (Fsp3) is 0.278. The van der Waals surface area contributed by atoms with Crippen LogP contribution in [0.25, 0.3) is 0 Å². The average Bonchev–Trinajstić information content (AvgIpc) is 2.64. The Kier molecular flexibility index (Phi) is 5.46. The zero-order valence-corrected chi connectivity index (χ0v) is 16.3. The van der Waals surface area contributed by atoms with Gasteiger partial charge in [-0.15, -0.1) is 13.2 Å². The Labute approximate surface area is 168 Å². The molecular weight excluding hydrogens is 429 g/mol. The molecule has 0 bridgehead atoms. The van der Waals surface area contributed by atoms with Gasteiger partial charge in [0.25, 0.3) is 11.6 Å². The average molecular weight is 444 g/mol. The van der Waals surface area contributed by atoms with Crippen LogP contribution in [-0.2, 0) is 16.3 Å². The van der Waals surface area contributed by atoms with E-state index in [9.17, 15) is 36.5 Å². The molecule has 0 saturated carbocycles. The second-order valence-electron chi connectivity index (χ2n) is 6.64. The molecule has 2 aromatic rings. The van der Waals surface area contributed by atoms with Gasteiger partial charge in [0.1, 0.15) is 5.75 Å². The van der Waals surface area contributed by atoms with E-state index in [1.54, 1.807) is 0 Å². The molecule has 0 fully saturated rings. The van der Waals surface area contributed by atoms with E-state index in [-0.39, 0.29) is 17.0 Å². The van der Waals surface area contributed by atoms with Gasteiger partial charge in [-0.05, 0) is 42.7 Å². The third kappa shape index (κ3) is 4.70. The minimum Gasteiger partial charge on any atom is -0.406 e. The van der Waals surface area contributed by atoms with Crippen LogP contribution in [0.3, 0.4) is 0 Å². The van der Waals surface area contributed by atoms with Gasteiger partial charge in [0, 0.05) is 36.2 Å². The van der Waals surface area contributed by atoms with Crippen LogP contribution in [0.1, 0.15) is 22.3 Å². The third-order valence-electron chi connectivity index (χ3n) is 4.43. The molecule has 0 N–H and O–H groups in total. The number of hydrogen-bond donors (Lipinski definition) is 0. The summed E-state index contributed by atoms with van der Waals surface area (Å²) in [6.45, 7) is 0.211. The zero-order chi connectivity index (χ0) is 22.3.